The highest BCUT2D eigenvalue weighted by Gasteiger charge is 2.13. The van der Waals surface area contributed by atoms with E-state index in [1.54, 1.807) is 13.2 Å². The Hall–Kier alpha value is -1.42. The highest BCUT2D eigenvalue weighted by atomic mass is 19.1. The van der Waals surface area contributed by atoms with E-state index in [1.165, 1.54) is 12.1 Å². The van der Waals surface area contributed by atoms with Gasteiger partial charge in [-0.1, -0.05) is 0 Å². The monoisotopic (exact) mass is 225 g/mol. The standard InChI is InChI=1S/C12H16FNO2/c1-9(8-16-3)14(2)12-5-4-11(13)6-10(12)7-15/h4-7,9H,8H2,1-3H3. The lowest BCUT2D eigenvalue weighted by Gasteiger charge is -2.27. The zero-order chi connectivity index (χ0) is 12.1. The van der Waals surface area contributed by atoms with Crippen molar-refractivity contribution in [3.05, 3.63) is 29.6 Å². The Bertz CT molecular complexity index is 368. The van der Waals surface area contributed by atoms with Crippen LogP contribution in [0.5, 0.6) is 0 Å². The Morgan fingerprint density at radius 2 is 2.25 bits per heavy atom. The molecular weight excluding hydrogens is 209 g/mol. The van der Waals surface area contributed by atoms with Crippen molar-refractivity contribution in [3.8, 4) is 0 Å². The normalized spacial score (nSPS) is 12.2. The molecule has 1 rings (SSSR count). The molecule has 1 unspecified atom stereocenters. The molecule has 0 aromatic heterocycles. The maximum absolute atomic E-state index is 12.9. The number of hydrogen-bond donors (Lipinski definition) is 0. The molecule has 0 aliphatic carbocycles. The van der Waals surface area contributed by atoms with Crippen LogP contribution in [0.4, 0.5) is 10.1 Å². The van der Waals surface area contributed by atoms with Gasteiger partial charge in [0.15, 0.2) is 6.29 Å². The third kappa shape index (κ3) is 2.79. The second-order valence-corrected chi connectivity index (χ2v) is 3.74. The number of halogens is 1. The molecule has 1 aromatic carbocycles. The van der Waals surface area contributed by atoms with Crippen LogP contribution in [-0.4, -0.2) is 33.1 Å². The molecule has 0 bridgehead atoms. The third-order valence-corrected chi connectivity index (χ3v) is 2.57. The number of hydrogen-bond acceptors (Lipinski definition) is 3. The molecule has 0 aliphatic heterocycles. The predicted molar refractivity (Wildman–Crippen MR) is 61.5 cm³/mol. The molecule has 4 heteroatoms. The van der Waals surface area contributed by atoms with Crippen molar-refractivity contribution in [3.63, 3.8) is 0 Å². The number of likely N-dealkylation sites (N-methyl/N-ethyl adjacent to an activating group) is 1. The van der Waals surface area contributed by atoms with Crippen LogP contribution in [0.25, 0.3) is 0 Å². The number of carbonyl (C=O) groups is 1. The molecule has 0 heterocycles. The van der Waals surface area contributed by atoms with Gasteiger partial charge in [0.05, 0.1) is 6.61 Å². The molecule has 0 aliphatic rings. The van der Waals surface area contributed by atoms with E-state index in [9.17, 15) is 9.18 Å². The van der Waals surface area contributed by atoms with Gasteiger partial charge in [-0.2, -0.15) is 0 Å². The second-order valence-electron chi connectivity index (χ2n) is 3.74. The van der Waals surface area contributed by atoms with E-state index in [0.717, 1.165) is 0 Å². The van der Waals surface area contributed by atoms with Crippen LogP contribution in [0.2, 0.25) is 0 Å². The quantitative estimate of drug-likeness (QED) is 0.719. The number of nitrogens with zero attached hydrogens (tertiary/aromatic N) is 1. The van der Waals surface area contributed by atoms with E-state index in [2.05, 4.69) is 0 Å². The van der Waals surface area contributed by atoms with Crippen LogP contribution < -0.4 is 4.90 Å². The van der Waals surface area contributed by atoms with Crippen LogP contribution in [0.15, 0.2) is 18.2 Å². The molecule has 0 saturated heterocycles. The summed E-state index contributed by atoms with van der Waals surface area (Å²) in [4.78, 5) is 12.7. The molecule has 1 atom stereocenters. The largest absolute Gasteiger partial charge is 0.383 e. The van der Waals surface area contributed by atoms with Gasteiger partial charge in [0.1, 0.15) is 5.82 Å². The minimum Gasteiger partial charge on any atom is -0.383 e. The van der Waals surface area contributed by atoms with Crippen molar-refractivity contribution in [1.29, 1.82) is 0 Å². The van der Waals surface area contributed by atoms with Crippen LogP contribution in [0.3, 0.4) is 0 Å². The Kier molecular flexibility index (Phi) is 4.43. The van der Waals surface area contributed by atoms with Gasteiger partial charge in [-0.3, -0.25) is 4.79 Å². The molecule has 0 N–H and O–H groups in total. The van der Waals surface area contributed by atoms with Crippen molar-refractivity contribution in [2.45, 2.75) is 13.0 Å². The summed E-state index contributed by atoms with van der Waals surface area (Å²) in [7, 11) is 3.47. The first-order valence-corrected chi connectivity index (χ1v) is 5.06. The molecule has 1 aromatic rings. The van der Waals surface area contributed by atoms with Crippen LogP contribution in [-0.2, 0) is 4.74 Å². The van der Waals surface area contributed by atoms with Gasteiger partial charge in [-0.25, -0.2) is 4.39 Å². The molecule has 0 saturated carbocycles. The number of anilines is 1. The minimum atomic E-state index is -0.404. The maximum Gasteiger partial charge on any atom is 0.152 e. The molecule has 0 radical (unpaired) electrons. The van der Waals surface area contributed by atoms with Crippen molar-refractivity contribution in [2.24, 2.45) is 0 Å². The van der Waals surface area contributed by atoms with Crippen LogP contribution in [0, 0.1) is 5.82 Å². The number of aldehydes is 1. The molecule has 0 amide bonds. The third-order valence-electron chi connectivity index (χ3n) is 2.57. The summed E-state index contributed by atoms with van der Waals surface area (Å²) in [6.45, 7) is 2.52. The van der Waals surface area contributed by atoms with E-state index >= 15 is 0 Å². The van der Waals surface area contributed by atoms with E-state index < -0.39 is 5.82 Å². The summed E-state index contributed by atoms with van der Waals surface area (Å²) >= 11 is 0. The summed E-state index contributed by atoms with van der Waals surface area (Å²) < 4.78 is 18.0. The maximum atomic E-state index is 12.9. The van der Waals surface area contributed by atoms with Gasteiger partial charge >= 0.3 is 0 Å². The van der Waals surface area contributed by atoms with Crippen LogP contribution >= 0.6 is 0 Å². The number of ether oxygens (including phenoxy) is 1. The summed E-state index contributed by atoms with van der Waals surface area (Å²) in [6, 6.07) is 4.30. The molecular formula is C12H16FNO2. The first kappa shape index (κ1) is 12.6. The van der Waals surface area contributed by atoms with E-state index in [1.807, 2.05) is 18.9 Å². The van der Waals surface area contributed by atoms with E-state index in [0.29, 0.717) is 24.1 Å². The van der Waals surface area contributed by atoms with Crippen molar-refractivity contribution < 1.29 is 13.9 Å². The van der Waals surface area contributed by atoms with E-state index in [4.69, 9.17) is 4.74 Å². The number of methoxy groups -OCH3 is 1. The topological polar surface area (TPSA) is 29.5 Å². The lowest BCUT2D eigenvalue weighted by Crippen LogP contribution is -2.33. The highest BCUT2D eigenvalue weighted by Crippen LogP contribution is 2.20. The molecule has 16 heavy (non-hydrogen) atoms. The van der Waals surface area contributed by atoms with Gasteiger partial charge < -0.3 is 9.64 Å². The van der Waals surface area contributed by atoms with Crippen LogP contribution in [0.1, 0.15) is 17.3 Å². The summed E-state index contributed by atoms with van der Waals surface area (Å²) in [5.41, 5.74) is 1.06. The van der Waals surface area contributed by atoms with Gasteiger partial charge in [0.2, 0.25) is 0 Å². The van der Waals surface area contributed by atoms with Gasteiger partial charge in [0, 0.05) is 31.5 Å². The number of carbonyl (C=O) groups excluding carboxylic acids is 1. The fourth-order valence-electron chi connectivity index (χ4n) is 1.53. The first-order chi connectivity index (χ1) is 7.60. The van der Waals surface area contributed by atoms with Crippen molar-refractivity contribution in [2.75, 3.05) is 25.7 Å². The molecule has 0 fully saturated rings. The smallest absolute Gasteiger partial charge is 0.152 e. The lowest BCUT2D eigenvalue weighted by molar-refractivity contribution is 0.112. The van der Waals surface area contributed by atoms with Gasteiger partial charge in [-0.15, -0.1) is 0 Å². The molecule has 0 spiro atoms. The van der Waals surface area contributed by atoms with E-state index in [-0.39, 0.29) is 6.04 Å². The van der Waals surface area contributed by atoms with Crippen molar-refractivity contribution in [1.82, 2.24) is 0 Å². The summed E-state index contributed by atoms with van der Waals surface area (Å²) in [5, 5.41) is 0. The summed E-state index contributed by atoms with van der Waals surface area (Å²) in [5.74, 6) is -0.404. The fourth-order valence-corrected chi connectivity index (χ4v) is 1.53. The first-order valence-electron chi connectivity index (χ1n) is 5.06. The predicted octanol–water partition coefficient (Wildman–Crippen LogP) is 2.11. The zero-order valence-electron chi connectivity index (χ0n) is 9.74. The number of rotatable bonds is 5. The Labute approximate surface area is 94.8 Å². The van der Waals surface area contributed by atoms with Gasteiger partial charge in [0.25, 0.3) is 0 Å². The second kappa shape index (κ2) is 5.61. The lowest BCUT2D eigenvalue weighted by atomic mass is 10.1. The Morgan fingerprint density at radius 1 is 1.56 bits per heavy atom. The average molecular weight is 225 g/mol. The molecule has 3 nitrogen and oxygen atoms in total. The Morgan fingerprint density at radius 3 is 2.81 bits per heavy atom. The minimum absolute atomic E-state index is 0.120. The van der Waals surface area contributed by atoms with Gasteiger partial charge in [-0.05, 0) is 25.1 Å². The average Bonchev–Trinajstić information content (AvgIpc) is 2.28. The Balaban J connectivity index is 2.98. The SMILES string of the molecule is COCC(C)N(C)c1ccc(F)cc1C=O. The highest BCUT2D eigenvalue weighted by molar-refractivity contribution is 5.84. The summed E-state index contributed by atoms with van der Waals surface area (Å²) in [6.07, 6.45) is 0.661. The fraction of sp³-hybridized carbons (Fsp3) is 0.417. The number of benzene rings is 1. The molecule has 88 valence electrons. The zero-order valence-corrected chi connectivity index (χ0v) is 9.74. The van der Waals surface area contributed by atoms with Crippen molar-refractivity contribution >= 4 is 12.0 Å².